The van der Waals surface area contributed by atoms with Crippen molar-refractivity contribution in [3.8, 4) is 0 Å². The van der Waals surface area contributed by atoms with E-state index in [1.54, 1.807) is 0 Å². The predicted molar refractivity (Wildman–Crippen MR) is 88.1 cm³/mol. The van der Waals surface area contributed by atoms with Gasteiger partial charge in [-0.2, -0.15) is 0 Å². The molecule has 2 aliphatic rings. The van der Waals surface area contributed by atoms with Crippen LogP contribution in [0.5, 0.6) is 0 Å². The normalized spacial score (nSPS) is 21.4. The summed E-state index contributed by atoms with van der Waals surface area (Å²) in [5.74, 6) is 0.0674. The Hall–Kier alpha value is -2.30. The lowest BCUT2D eigenvalue weighted by molar-refractivity contribution is -0.126. The molecule has 1 saturated carbocycles. The second-order valence-corrected chi connectivity index (χ2v) is 6.65. The molecule has 2 amide bonds. The highest BCUT2D eigenvalue weighted by Crippen LogP contribution is 2.23. The van der Waals surface area contributed by atoms with Gasteiger partial charge >= 0.3 is 0 Å². The molecule has 1 atom stereocenters. The molecule has 1 aliphatic carbocycles. The van der Waals surface area contributed by atoms with E-state index in [1.165, 1.54) is 0 Å². The number of nitrogens with one attached hydrogen (secondary N) is 2. The molecular weight excluding hydrogens is 290 g/mol. The second-order valence-electron chi connectivity index (χ2n) is 6.65. The van der Waals surface area contributed by atoms with Gasteiger partial charge in [0.05, 0.1) is 5.92 Å². The van der Waals surface area contributed by atoms with Crippen LogP contribution < -0.4 is 5.32 Å². The van der Waals surface area contributed by atoms with E-state index >= 15 is 0 Å². The van der Waals surface area contributed by atoms with Crippen LogP contribution in [0.1, 0.15) is 36.0 Å². The van der Waals surface area contributed by atoms with Gasteiger partial charge in [-0.25, -0.2) is 0 Å². The summed E-state index contributed by atoms with van der Waals surface area (Å²) in [6.07, 6.45) is 5.82. The Balaban J connectivity index is 1.47. The number of piperidine rings is 1. The van der Waals surface area contributed by atoms with Crippen molar-refractivity contribution in [1.29, 1.82) is 0 Å². The smallest absolute Gasteiger partial charge is 0.253 e. The molecule has 2 aromatic rings. The molecule has 1 aliphatic heterocycles. The molecule has 1 saturated heterocycles. The van der Waals surface area contributed by atoms with Crippen LogP contribution in [0.2, 0.25) is 0 Å². The van der Waals surface area contributed by atoms with E-state index in [2.05, 4.69) is 10.3 Å². The molecule has 5 heteroatoms. The monoisotopic (exact) mass is 311 g/mol. The first-order chi connectivity index (χ1) is 11.2. The van der Waals surface area contributed by atoms with E-state index in [4.69, 9.17) is 0 Å². The number of carbonyl (C=O) groups excluding carboxylic acids is 2. The molecule has 5 nitrogen and oxygen atoms in total. The maximum absolute atomic E-state index is 12.7. The van der Waals surface area contributed by atoms with Crippen molar-refractivity contribution in [1.82, 2.24) is 15.2 Å². The number of rotatable bonds is 3. The molecule has 1 aromatic heterocycles. The van der Waals surface area contributed by atoms with E-state index in [0.717, 1.165) is 43.1 Å². The summed E-state index contributed by atoms with van der Waals surface area (Å²) in [7, 11) is 0. The number of carbonyl (C=O) groups is 2. The van der Waals surface area contributed by atoms with E-state index in [-0.39, 0.29) is 17.7 Å². The number of amides is 2. The van der Waals surface area contributed by atoms with Crippen LogP contribution in [-0.4, -0.2) is 40.8 Å². The van der Waals surface area contributed by atoms with Crippen LogP contribution in [0.15, 0.2) is 30.5 Å². The average molecular weight is 311 g/mol. The first-order valence-corrected chi connectivity index (χ1v) is 8.37. The summed E-state index contributed by atoms with van der Waals surface area (Å²) in [5, 5.41) is 4.16. The Bertz CT molecular complexity index is 748. The van der Waals surface area contributed by atoms with E-state index < -0.39 is 0 Å². The molecular formula is C18H21N3O2. The van der Waals surface area contributed by atoms with Crippen LogP contribution in [-0.2, 0) is 4.79 Å². The fourth-order valence-corrected chi connectivity index (χ4v) is 3.29. The van der Waals surface area contributed by atoms with E-state index in [0.29, 0.717) is 18.2 Å². The summed E-state index contributed by atoms with van der Waals surface area (Å²) < 4.78 is 0. The minimum absolute atomic E-state index is 0.0189. The van der Waals surface area contributed by atoms with Gasteiger partial charge in [0, 0.05) is 36.4 Å². The molecule has 0 bridgehead atoms. The van der Waals surface area contributed by atoms with Crippen LogP contribution >= 0.6 is 0 Å². The highest BCUT2D eigenvalue weighted by molar-refractivity contribution is 5.98. The lowest BCUT2D eigenvalue weighted by atomic mass is 9.96. The number of benzene rings is 1. The number of hydrogen-bond acceptors (Lipinski definition) is 2. The van der Waals surface area contributed by atoms with Crippen molar-refractivity contribution < 1.29 is 9.59 Å². The zero-order valence-electron chi connectivity index (χ0n) is 13.0. The number of hydrogen-bond donors (Lipinski definition) is 2. The van der Waals surface area contributed by atoms with Gasteiger partial charge in [0.25, 0.3) is 5.91 Å². The third-order valence-corrected chi connectivity index (χ3v) is 4.81. The van der Waals surface area contributed by atoms with Crippen LogP contribution in [0, 0.1) is 5.92 Å². The number of likely N-dealkylation sites (tertiary alicyclic amines) is 1. The maximum atomic E-state index is 12.7. The quantitative estimate of drug-likeness (QED) is 0.913. The Labute approximate surface area is 135 Å². The zero-order valence-corrected chi connectivity index (χ0v) is 13.0. The van der Waals surface area contributed by atoms with Gasteiger partial charge < -0.3 is 15.2 Å². The summed E-state index contributed by atoms with van der Waals surface area (Å²) in [6, 6.07) is 8.09. The third kappa shape index (κ3) is 2.96. The summed E-state index contributed by atoms with van der Waals surface area (Å²) in [4.78, 5) is 30.0. The minimum atomic E-state index is -0.0671. The molecule has 2 fully saturated rings. The van der Waals surface area contributed by atoms with Crippen molar-refractivity contribution >= 4 is 22.7 Å². The Kier molecular flexibility index (Phi) is 3.56. The van der Waals surface area contributed by atoms with Gasteiger partial charge in [0.2, 0.25) is 5.91 Å². The standard InChI is InChI=1S/C18H21N3O2/c22-17(20-15-5-6-15)14-2-1-9-21(11-14)18(23)13-4-3-12-7-8-19-16(12)10-13/h3-4,7-8,10,14-15,19H,1-2,5-6,9,11H2,(H,20,22). The van der Waals surface area contributed by atoms with Crippen molar-refractivity contribution in [2.24, 2.45) is 5.92 Å². The minimum Gasteiger partial charge on any atom is -0.361 e. The molecule has 4 rings (SSSR count). The molecule has 2 heterocycles. The van der Waals surface area contributed by atoms with Gasteiger partial charge in [0.1, 0.15) is 0 Å². The molecule has 1 aromatic carbocycles. The molecule has 120 valence electrons. The summed E-state index contributed by atoms with van der Waals surface area (Å²) >= 11 is 0. The second kappa shape index (κ2) is 5.72. The summed E-state index contributed by atoms with van der Waals surface area (Å²) in [5.41, 5.74) is 1.65. The van der Waals surface area contributed by atoms with Crippen molar-refractivity contribution in [2.75, 3.05) is 13.1 Å². The topological polar surface area (TPSA) is 65.2 Å². The molecule has 23 heavy (non-hydrogen) atoms. The molecule has 0 spiro atoms. The van der Waals surface area contributed by atoms with Crippen molar-refractivity contribution in [3.63, 3.8) is 0 Å². The van der Waals surface area contributed by atoms with Gasteiger partial charge in [-0.15, -0.1) is 0 Å². The van der Waals surface area contributed by atoms with Gasteiger partial charge in [-0.1, -0.05) is 6.07 Å². The van der Waals surface area contributed by atoms with E-state index in [1.807, 2.05) is 35.4 Å². The SMILES string of the molecule is O=C(NC1CC1)C1CCCN(C(=O)c2ccc3cc[nH]c3c2)C1. The number of H-pyrrole nitrogens is 1. The third-order valence-electron chi connectivity index (χ3n) is 4.81. The van der Waals surface area contributed by atoms with Crippen molar-refractivity contribution in [2.45, 2.75) is 31.7 Å². The highest BCUT2D eigenvalue weighted by Gasteiger charge is 2.32. The average Bonchev–Trinajstić information content (AvgIpc) is 3.27. The van der Waals surface area contributed by atoms with Gasteiger partial charge in [-0.05, 0) is 49.3 Å². The molecule has 2 N–H and O–H groups in total. The number of fused-ring (bicyclic) bond motifs is 1. The fraction of sp³-hybridized carbons (Fsp3) is 0.444. The Morgan fingerprint density at radius 1 is 1.17 bits per heavy atom. The fourth-order valence-electron chi connectivity index (χ4n) is 3.29. The Morgan fingerprint density at radius 2 is 2.04 bits per heavy atom. The molecule has 0 radical (unpaired) electrons. The lowest BCUT2D eigenvalue weighted by Crippen LogP contribution is -2.45. The van der Waals surface area contributed by atoms with Crippen LogP contribution in [0.3, 0.4) is 0 Å². The number of aromatic amines is 1. The maximum Gasteiger partial charge on any atom is 0.253 e. The number of nitrogens with zero attached hydrogens (tertiary/aromatic N) is 1. The molecule has 1 unspecified atom stereocenters. The lowest BCUT2D eigenvalue weighted by Gasteiger charge is -2.32. The van der Waals surface area contributed by atoms with Gasteiger partial charge in [0.15, 0.2) is 0 Å². The van der Waals surface area contributed by atoms with Crippen molar-refractivity contribution in [3.05, 3.63) is 36.0 Å². The Morgan fingerprint density at radius 3 is 2.87 bits per heavy atom. The largest absolute Gasteiger partial charge is 0.361 e. The first kappa shape index (κ1) is 14.3. The number of aromatic nitrogens is 1. The zero-order chi connectivity index (χ0) is 15.8. The first-order valence-electron chi connectivity index (χ1n) is 8.37. The summed E-state index contributed by atoms with van der Waals surface area (Å²) in [6.45, 7) is 1.26. The van der Waals surface area contributed by atoms with Gasteiger partial charge in [-0.3, -0.25) is 9.59 Å². The predicted octanol–water partition coefficient (Wildman–Crippen LogP) is 2.30. The highest BCUT2D eigenvalue weighted by atomic mass is 16.2. The van der Waals surface area contributed by atoms with E-state index in [9.17, 15) is 9.59 Å². The van der Waals surface area contributed by atoms with Crippen LogP contribution in [0.4, 0.5) is 0 Å². The van der Waals surface area contributed by atoms with Crippen LogP contribution in [0.25, 0.3) is 10.9 Å².